The number of nitrogen functional groups attached to an aromatic ring is 1. The van der Waals surface area contributed by atoms with Gasteiger partial charge < -0.3 is 11.1 Å². The molecule has 4 heteroatoms. The van der Waals surface area contributed by atoms with E-state index in [-0.39, 0.29) is 5.91 Å². The van der Waals surface area contributed by atoms with Crippen LogP contribution in [0.2, 0.25) is 0 Å². The molecule has 0 saturated carbocycles. The number of amides is 1. The highest BCUT2D eigenvalue weighted by Crippen LogP contribution is 2.27. The quantitative estimate of drug-likeness (QED) is 0.660. The van der Waals surface area contributed by atoms with E-state index >= 15 is 0 Å². The predicted octanol–water partition coefficient (Wildman–Crippen LogP) is 3.63. The maximum absolute atomic E-state index is 12.1. The molecule has 0 heterocycles. The summed E-state index contributed by atoms with van der Waals surface area (Å²) in [6.07, 6.45) is 0. The predicted molar refractivity (Wildman–Crippen MR) is 81.6 cm³/mol. The largest absolute Gasteiger partial charge is 0.399 e. The van der Waals surface area contributed by atoms with Gasteiger partial charge in [0, 0.05) is 16.1 Å². The molecule has 0 unspecified atom stereocenters. The number of nitrogens with one attached hydrogen (secondary N) is 1. The minimum atomic E-state index is -0.142. The first-order valence-electron chi connectivity index (χ1n) is 6.09. The molecule has 1 amide bonds. The molecule has 0 fully saturated rings. The Bertz CT molecular complexity index is 584. The van der Waals surface area contributed by atoms with E-state index in [1.54, 1.807) is 36.0 Å². The fourth-order valence-electron chi connectivity index (χ4n) is 1.73. The summed E-state index contributed by atoms with van der Waals surface area (Å²) in [5.41, 5.74) is 7.67. The Balaban J connectivity index is 2.19. The zero-order valence-corrected chi connectivity index (χ0v) is 11.5. The highest BCUT2D eigenvalue weighted by atomic mass is 32.2. The second-order valence-electron chi connectivity index (χ2n) is 4.01. The molecule has 0 saturated heterocycles. The van der Waals surface area contributed by atoms with Gasteiger partial charge in [-0.05, 0) is 36.1 Å². The van der Waals surface area contributed by atoms with Crippen LogP contribution < -0.4 is 11.1 Å². The van der Waals surface area contributed by atoms with E-state index in [0.717, 1.165) is 16.3 Å². The van der Waals surface area contributed by atoms with Gasteiger partial charge in [0.05, 0.1) is 5.69 Å². The van der Waals surface area contributed by atoms with Gasteiger partial charge in [0.1, 0.15) is 0 Å². The van der Waals surface area contributed by atoms with Gasteiger partial charge in [-0.1, -0.05) is 25.1 Å². The van der Waals surface area contributed by atoms with Crippen molar-refractivity contribution in [1.29, 1.82) is 0 Å². The summed E-state index contributed by atoms with van der Waals surface area (Å²) in [7, 11) is 0. The van der Waals surface area contributed by atoms with Crippen molar-refractivity contribution in [2.75, 3.05) is 16.8 Å². The Hall–Kier alpha value is -1.94. The Morgan fingerprint density at radius 2 is 2.00 bits per heavy atom. The fourth-order valence-corrected chi connectivity index (χ4v) is 2.49. The van der Waals surface area contributed by atoms with Crippen molar-refractivity contribution in [1.82, 2.24) is 0 Å². The maximum Gasteiger partial charge on any atom is 0.255 e. The Labute approximate surface area is 117 Å². The van der Waals surface area contributed by atoms with Gasteiger partial charge in [0.25, 0.3) is 5.91 Å². The lowest BCUT2D eigenvalue weighted by Gasteiger charge is -2.10. The van der Waals surface area contributed by atoms with E-state index in [0.29, 0.717) is 11.3 Å². The van der Waals surface area contributed by atoms with E-state index in [2.05, 4.69) is 12.2 Å². The molecule has 2 aromatic rings. The van der Waals surface area contributed by atoms with Gasteiger partial charge in [-0.3, -0.25) is 4.79 Å². The van der Waals surface area contributed by atoms with Gasteiger partial charge in [-0.25, -0.2) is 0 Å². The normalized spacial score (nSPS) is 10.2. The molecule has 0 radical (unpaired) electrons. The second-order valence-corrected chi connectivity index (χ2v) is 5.31. The summed E-state index contributed by atoms with van der Waals surface area (Å²) in [4.78, 5) is 13.2. The Kier molecular flexibility index (Phi) is 4.47. The number of carbonyl (C=O) groups is 1. The van der Waals surface area contributed by atoms with Crippen molar-refractivity contribution in [3.63, 3.8) is 0 Å². The van der Waals surface area contributed by atoms with E-state index < -0.39 is 0 Å². The van der Waals surface area contributed by atoms with Crippen molar-refractivity contribution < 1.29 is 4.79 Å². The van der Waals surface area contributed by atoms with Crippen LogP contribution in [-0.2, 0) is 0 Å². The van der Waals surface area contributed by atoms with Crippen LogP contribution in [0.3, 0.4) is 0 Å². The molecule has 98 valence electrons. The van der Waals surface area contributed by atoms with Crippen LogP contribution in [0.5, 0.6) is 0 Å². The summed E-state index contributed by atoms with van der Waals surface area (Å²) in [5, 5.41) is 2.92. The second kappa shape index (κ2) is 6.29. The van der Waals surface area contributed by atoms with Crippen LogP contribution >= 0.6 is 11.8 Å². The molecule has 19 heavy (non-hydrogen) atoms. The lowest BCUT2D eigenvalue weighted by molar-refractivity contribution is 0.102. The average Bonchev–Trinajstić information content (AvgIpc) is 2.41. The van der Waals surface area contributed by atoms with E-state index in [1.807, 2.05) is 24.3 Å². The summed E-state index contributed by atoms with van der Waals surface area (Å²) >= 11 is 1.70. The summed E-state index contributed by atoms with van der Waals surface area (Å²) in [6, 6.07) is 14.7. The molecule has 3 N–H and O–H groups in total. The lowest BCUT2D eigenvalue weighted by Crippen LogP contribution is -2.12. The van der Waals surface area contributed by atoms with Gasteiger partial charge in [0.15, 0.2) is 0 Å². The number of benzene rings is 2. The third kappa shape index (κ3) is 3.51. The van der Waals surface area contributed by atoms with Crippen molar-refractivity contribution in [2.45, 2.75) is 11.8 Å². The minimum absolute atomic E-state index is 0.142. The van der Waals surface area contributed by atoms with Crippen LogP contribution in [-0.4, -0.2) is 11.7 Å². The van der Waals surface area contributed by atoms with Crippen molar-refractivity contribution in [3.05, 3.63) is 54.1 Å². The molecule has 0 aliphatic heterocycles. The van der Waals surface area contributed by atoms with Crippen LogP contribution in [0, 0.1) is 0 Å². The number of carbonyl (C=O) groups excluding carboxylic acids is 1. The summed E-state index contributed by atoms with van der Waals surface area (Å²) < 4.78 is 0. The van der Waals surface area contributed by atoms with Gasteiger partial charge >= 0.3 is 0 Å². The number of hydrogen-bond donors (Lipinski definition) is 2. The van der Waals surface area contributed by atoms with Gasteiger partial charge in [0.2, 0.25) is 0 Å². The SMILES string of the molecule is CCSc1ccccc1NC(=O)c1cccc(N)c1. The lowest BCUT2D eigenvalue weighted by atomic mass is 10.2. The number of hydrogen-bond acceptors (Lipinski definition) is 3. The zero-order valence-electron chi connectivity index (χ0n) is 10.7. The minimum Gasteiger partial charge on any atom is -0.399 e. The molecule has 2 aromatic carbocycles. The van der Waals surface area contributed by atoms with Crippen molar-refractivity contribution in [3.8, 4) is 0 Å². The number of anilines is 2. The maximum atomic E-state index is 12.1. The highest BCUT2D eigenvalue weighted by molar-refractivity contribution is 7.99. The van der Waals surface area contributed by atoms with Gasteiger partial charge in [-0.15, -0.1) is 11.8 Å². The van der Waals surface area contributed by atoms with Crippen LogP contribution in [0.4, 0.5) is 11.4 Å². The number of thioether (sulfide) groups is 1. The van der Waals surface area contributed by atoms with E-state index in [9.17, 15) is 4.79 Å². The molecular weight excluding hydrogens is 256 g/mol. The summed E-state index contributed by atoms with van der Waals surface area (Å²) in [6.45, 7) is 2.08. The molecule has 0 aliphatic carbocycles. The zero-order chi connectivity index (χ0) is 13.7. The van der Waals surface area contributed by atoms with Crippen LogP contribution in [0.15, 0.2) is 53.4 Å². The van der Waals surface area contributed by atoms with Crippen molar-refractivity contribution >= 4 is 29.0 Å². The number of rotatable bonds is 4. The molecule has 2 rings (SSSR count). The molecule has 0 aromatic heterocycles. The molecule has 0 aliphatic rings. The first kappa shape index (κ1) is 13.5. The highest BCUT2D eigenvalue weighted by Gasteiger charge is 2.08. The third-order valence-corrected chi connectivity index (χ3v) is 3.54. The topological polar surface area (TPSA) is 55.1 Å². The molecule has 0 bridgehead atoms. The van der Waals surface area contributed by atoms with Crippen LogP contribution in [0.25, 0.3) is 0 Å². The van der Waals surface area contributed by atoms with Crippen LogP contribution in [0.1, 0.15) is 17.3 Å². The molecular formula is C15H16N2OS. The molecule has 3 nitrogen and oxygen atoms in total. The van der Waals surface area contributed by atoms with Crippen molar-refractivity contribution in [2.24, 2.45) is 0 Å². The average molecular weight is 272 g/mol. The number of nitrogens with two attached hydrogens (primary N) is 1. The first-order valence-corrected chi connectivity index (χ1v) is 7.08. The first-order chi connectivity index (χ1) is 9.20. The Morgan fingerprint density at radius 1 is 1.21 bits per heavy atom. The fraction of sp³-hybridized carbons (Fsp3) is 0.133. The van der Waals surface area contributed by atoms with E-state index in [4.69, 9.17) is 5.73 Å². The third-order valence-electron chi connectivity index (χ3n) is 2.58. The smallest absolute Gasteiger partial charge is 0.255 e. The Morgan fingerprint density at radius 3 is 2.74 bits per heavy atom. The van der Waals surface area contributed by atoms with E-state index in [1.165, 1.54) is 0 Å². The molecule has 0 spiro atoms. The van der Waals surface area contributed by atoms with Gasteiger partial charge in [-0.2, -0.15) is 0 Å². The number of para-hydroxylation sites is 1. The standard InChI is InChI=1S/C15H16N2OS/c1-2-19-14-9-4-3-8-13(14)17-15(18)11-6-5-7-12(16)10-11/h3-10H,2,16H2,1H3,(H,17,18). The summed E-state index contributed by atoms with van der Waals surface area (Å²) in [5.74, 6) is 0.821. The molecule has 0 atom stereocenters. The monoisotopic (exact) mass is 272 g/mol.